The Balaban J connectivity index is 2.06. The molecule has 1 heterocycles. The smallest absolute Gasteiger partial charge is 0.0299 e. The highest BCUT2D eigenvalue weighted by Gasteiger charge is 2.03. The summed E-state index contributed by atoms with van der Waals surface area (Å²) >= 11 is 0. The van der Waals surface area contributed by atoms with Gasteiger partial charge in [-0.1, -0.05) is 52.5 Å². The van der Waals surface area contributed by atoms with Crippen LogP contribution < -0.4 is 0 Å². The lowest BCUT2D eigenvalue weighted by molar-refractivity contribution is 0.427. The Morgan fingerprint density at radius 1 is 1.06 bits per heavy atom. The minimum Gasteiger partial charge on any atom is -0.264 e. The number of aryl methyl sites for hydroxylation is 1. The Bertz CT molecular complexity index is 279. The molecule has 0 radical (unpaired) electrons. The van der Waals surface area contributed by atoms with E-state index < -0.39 is 0 Å². The highest BCUT2D eigenvalue weighted by atomic mass is 14.6. The van der Waals surface area contributed by atoms with Crippen molar-refractivity contribution in [3.63, 3.8) is 0 Å². The monoisotopic (exact) mass is 233 g/mol. The van der Waals surface area contributed by atoms with Crippen molar-refractivity contribution in [3.8, 4) is 0 Å². The standard InChI is InChI=1S/C16H27N/c1-14(2)7-4-8-15(3)9-5-10-16-11-6-12-17-13-16/h6,11-15H,4-5,7-10H2,1-3H3. The maximum absolute atomic E-state index is 4.15. The van der Waals surface area contributed by atoms with Gasteiger partial charge in [-0.3, -0.25) is 4.98 Å². The zero-order valence-corrected chi connectivity index (χ0v) is 11.7. The molecule has 0 aliphatic heterocycles. The first-order valence-corrected chi connectivity index (χ1v) is 7.07. The molecule has 0 fully saturated rings. The summed E-state index contributed by atoms with van der Waals surface area (Å²) in [4.78, 5) is 4.15. The zero-order valence-electron chi connectivity index (χ0n) is 11.7. The van der Waals surface area contributed by atoms with E-state index in [2.05, 4.69) is 31.8 Å². The second-order valence-electron chi connectivity index (χ2n) is 5.68. The molecule has 1 unspecified atom stereocenters. The van der Waals surface area contributed by atoms with E-state index in [1.807, 2.05) is 18.5 Å². The van der Waals surface area contributed by atoms with Crippen molar-refractivity contribution in [2.24, 2.45) is 11.8 Å². The number of rotatable bonds is 8. The summed E-state index contributed by atoms with van der Waals surface area (Å²) in [5.74, 6) is 1.74. The first-order valence-electron chi connectivity index (χ1n) is 7.07. The van der Waals surface area contributed by atoms with Gasteiger partial charge in [0, 0.05) is 12.4 Å². The summed E-state index contributed by atoms with van der Waals surface area (Å²) in [5.41, 5.74) is 1.38. The zero-order chi connectivity index (χ0) is 12.5. The molecule has 1 nitrogen and oxygen atoms in total. The molecule has 96 valence electrons. The highest BCUT2D eigenvalue weighted by molar-refractivity contribution is 5.08. The number of pyridine rings is 1. The van der Waals surface area contributed by atoms with Crippen molar-refractivity contribution < 1.29 is 0 Å². The van der Waals surface area contributed by atoms with E-state index in [-0.39, 0.29) is 0 Å². The maximum Gasteiger partial charge on any atom is 0.0299 e. The predicted molar refractivity (Wildman–Crippen MR) is 75.0 cm³/mol. The normalized spacial score (nSPS) is 12.9. The van der Waals surface area contributed by atoms with Crippen LogP contribution in [0.5, 0.6) is 0 Å². The van der Waals surface area contributed by atoms with Gasteiger partial charge >= 0.3 is 0 Å². The van der Waals surface area contributed by atoms with Crippen LogP contribution in [0.3, 0.4) is 0 Å². The van der Waals surface area contributed by atoms with E-state index in [1.54, 1.807) is 0 Å². The van der Waals surface area contributed by atoms with Gasteiger partial charge in [-0.05, 0) is 36.3 Å². The molecule has 0 amide bonds. The Morgan fingerprint density at radius 2 is 1.82 bits per heavy atom. The van der Waals surface area contributed by atoms with E-state index >= 15 is 0 Å². The number of nitrogens with zero attached hydrogens (tertiary/aromatic N) is 1. The van der Waals surface area contributed by atoms with Crippen LogP contribution in [0.25, 0.3) is 0 Å². The molecular weight excluding hydrogens is 206 g/mol. The van der Waals surface area contributed by atoms with Gasteiger partial charge in [0.2, 0.25) is 0 Å². The molecule has 1 aromatic rings. The van der Waals surface area contributed by atoms with Gasteiger partial charge in [-0.15, -0.1) is 0 Å². The molecule has 17 heavy (non-hydrogen) atoms. The molecule has 1 heteroatoms. The first-order chi connectivity index (χ1) is 8.18. The van der Waals surface area contributed by atoms with Gasteiger partial charge in [0.1, 0.15) is 0 Å². The van der Waals surface area contributed by atoms with Gasteiger partial charge in [0.25, 0.3) is 0 Å². The Labute approximate surface area is 107 Å². The Kier molecular flexibility index (Phi) is 6.91. The van der Waals surface area contributed by atoms with E-state index in [1.165, 1.54) is 44.1 Å². The molecule has 0 aromatic carbocycles. The van der Waals surface area contributed by atoms with Gasteiger partial charge < -0.3 is 0 Å². The van der Waals surface area contributed by atoms with Crippen LogP contribution in [0, 0.1) is 11.8 Å². The third kappa shape index (κ3) is 7.14. The lowest BCUT2D eigenvalue weighted by Gasteiger charge is -2.12. The van der Waals surface area contributed by atoms with Crippen LogP contribution >= 0.6 is 0 Å². The summed E-state index contributed by atoms with van der Waals surface area (Å²) in [6.07, 6.45) is 11.8. The SMILES string of the molecule is CC(C)CCCC(C)CCCc1cccnc1. The van der Waals surface area contributed by atoms with E-state index in [4.69, 9.17) is 0 Å². The third-order valence-electron chi connectivity index (χ3n) is 3.36. The van der Waals surface area contributed by atoms with Crippen LogP contribution in [0.15, 0.2) is 24.5 Å². The molecule has 1 rings (SSSR count). The quantitative estimate of drug-likeness (QED) is 0.624. The number of aromatic nitrogens is 1. The minimum atomic E-state index is 0.859. The molecule has 0 aliphatic rings. The van der Waals surface area contributed by atoms with Crippen LogP contribution in [-0.2, 0) is 6.42 Å². The summed E-state index contributed by atoms with van der Waals surface area (Å²) in [5, 5.41) is 0. The molecular formula is C16H27N. The molecule has 0 N–H and O–H groups in total. The van der Waals surface area contributed by atoms with Crippen molar-refractivity contribution in [1.82, 2.24) is 4.98 Å². The lowest BCUT2D eigenvalue weighted by atomic mass is 9.95. The van der Waals surface area contributed by atoms with Gasteiger partial charge in [-0.2, -0.15) is 0 Å². The predicted octanol–water partition coefficient (Wildman–Crippen LogP) is 4.87. The van der Waals surface area contributed by atoms with Crippen LogP contribution in [-0.4, -0.2) is 4.98 Å². The molecule has 0 aliphatic carbocycles. The number of hydrogen-bond donors (Lipinski definition) is 0. The summed E-state index contributed by atoms with van der Waals surface area (Å²) in [6, 6.07) is 4.21. The Morgan fingerprint density at radius 3 is 2.47 bits per heavy atom. The fraction of sp³-hybridized carbons (Fsp3) is 0.688. The average Bonchev–Trinajstić information content (AvgIpc) is 2.30. The largest absolute Gasteiger partial charge is 0.264 e. The van der Waals surface area contributed by atoms with Crippen LogP contribution in [0.1, 0.15) is 58.4 Å². The fourth-order valence-electron chi connectivity index (χ4n) is 2.22. The van der Waals surface area contributed by atoms with Crippen molar-refractivity contribution >= 4 is 0 Å². The highest BCUT2D eigenvalue weighted by Crippen LogP contribution is 2.17. The summed E-state index contributed by atoms with van der Waals surface area (Å²) in [7, 11) is 0. The average molecular weight is 233 g/mol. The minimum absolute atomic E-state index is 0.859. The first kappa shape index (κ1) is 14.2. The second kappa shape index (κ2) is 8.27. The van der Waals surface area contributed by atoms with E-state index in [0.717, 1.165) is 11.8 Å². The van der Waals surface area contributed by atoms with Gasteiger partial charge in [0.15, 0.2) is 0 Å². The van der Waals surface area contributed by atoms with Crippen molar-refractivity contribution in [2.45, 2.75) is 59.3 Å². The van der Waals surface area contributed by atoms with Crippen LogP contribution in [0.4, 0.5) is 0 Å². The van der Waals surface area contributed by atoms with E-state index in [0.29, 0.717) is 0 Å². The Hall–Kier alpha value is -0.850. The number of hydrogen-bond acceptors (Lipinski definition) is 1. The fourth-order valence-corrected chi connectivity index (χ4v) is 2.22. The molecule has 0 bridgehead atoms. The topological polar surface area (TPSA) is 12.9 Å². The van der Waals surface area contributed by atoms with Crippen molar-refractivity contribution in [2.75, 3.05) is 0 Å². The maximum atomic E-state index is 4.15. The van der Waals surface area contributed by atoms with Gasteiger partial charge in [0.05, 0.1) is 0 Å². The van der Waals surface area contributed by atoms with Gasteiger partial charge in [-0.25, -0.2) is 0 Å². The van der Waals surface area contributed by atoms with Crippen molar-refractivity contribution in [1.29, 1.82) is 0 Å². The lowest BCUT2D eigenvalue weighted by Crippen LogP contribution is -1.98. The van der Waals surface area contributed by atoms with Crippen LogP contribution in [0.2, 0.25) is 0 Å². The summed E-state index contributed by atoms with van der Waals surface area (Å²) < 4.78 is 0. The third-order valence-corrected chi connectivity index (χ3v) is 3.36. The molecule has 0 saturated carbocycles. The second-order valence-corrected chi connectivity index (χ2v) is 5.68. The van der Waals surface area contributed by atoms with E-state index in [9.17, 15) is 0 Å². The molecule has 1 aromatic heterocycles. The van der Waals surface area contributed by atoms with Crippen molar-refractivity contribution in [3.05, 3.63) is 30.1 Å². The molecule has 0 spiro atoms. The molecule has 0 saturated heterocycles. The summed E-state index contributed by atoms with van der Waals surface area (Å²) in [6.45, 7) is 7.02. The molecule has 1 atom stereocenters.